The quantitative estimate of drug-likeness (QED) is 0.195. The van der Waals surface area contributed by atoms with E-state index in [2.05, 4.69) is 0 Å². The highest BCUT2D eigenvalue weighted by atomic mass is 16.6. The molecule has 0 saturated heterocycles. The minimum absolute atomic E-state index is 0.101. The van der Waals surface area contributed by atoms with Crippen LogP contribution in [0, 0.1) is 17.0 Å². The zero-order chi connectivity index (χ0) is 26.1. The summed E-state index contributed by atoms with van der Waals surface area (Å²) in [7, 11) is 0. The van der Waals surface area contributed by atoms with Gasteiger partial charge in [-0.25, -0.2) is 0 Å². The zero-order valence-corrected chi connectivity index (χ0v) is 20.1. The molecule has 4 aromatic carbocycles. The summed E-state index contributed by atoms with van der Waals surface area (Å²) in [4.78, 5) is 53.3. The molecule has 1 aliphatic rings. The van der Waals surface area contributed by atoms with Crippen molar-refractivity contribution in [3.05, 3.63) is 117 Å². The SMILES string of the molecule is Cc1ccccc1N(CCCN1C(=O)c2cccc3cccc(c23)C1=O)C(=O)c1ccc([N+](=O)[O-])cc1. The lowest BCUT2D eigenvalue weighted by Crippen LogP contribution is -2.42. The van der Waals surface area contributed by atoms with E-state index in [0.717, 1.165) is 10.9 Å². The molecule has 8 nitrogen and oxygen atoms in total. The Labute approximate surface area is 212 Å². The molecule has 0 aliphatic carbocycles. The first-order valence-electron chi connectivity index (χ1n) is 11.9. The number of nitro groups is 1. The number of imide groups is 1. The Balaban J connectivity index is 1.39. The predicted molar refractivity (Wildman–Crippen MR) is 140 cm³/mol. The number of hydrogen-bond acceptors (Lipinski definition) is 5. The normalized spacial score (nSPS) is 12.6. The Morgan fingerprint density at radius 1 is 0.865 bits per heavy atom. The minimum Gasteiger partial charge on any atom is -0.308 e. The molecule has 0 unspecified atom stereocenters. The molecule has 1 aliphatic heterocycles. The van der Waals surface area contributed by atoms with Gasteiger partial charge in [0.1, 0.15) is 0 Å². The van der Waals surface area contributed by atoms with Gasteiger partial charge in [-0.2, -0.15) is 0 Å². The standard InChI is InChI=1S/C29H23N3O5/c1-19-7-2-3-12-25(19)30(27(33)21-13-15-22(16-14-21)32(36)37)17-6-18-31-28(34)23-10-4-8-20-9-5-11-24(26(20)23)29(31)35/h2-5,7-16H,6,17-18H2,1H3. The van der Waals surface area contributed by atoms with Crippen LogP contribution in [0.2, 0.25) is 0 Å². The maximum absolute atomic E-state index is 13.5. The van der Waals surface area contributed by atoms with E-state index >= 15 is 0 Å². The van der Waals surface area contributed by atoms with Crippen molar-refractivity contribution < 1.29 is 19.3 Å². The number of hydrogen-bond donors (Lipinski definition) is 0. The van der Waals surface area contributed by atoms with Gasteiger partial charge in [-0.15, -0.1) is 0 Å². The molecule has 0 bridgehead atoms. The summed E-state index contributed by atoms with van der Waals surface area (Å²) in [5.74, 6) is -1.02. The third kappa shape index (κ3) is 4.33. The van der Waals surface area contributed by atoms with Crippen molar-refractivity contribution in [3.63, 3.8) is 0 Å². The second kappa shape index (κ2) is 9.66. The number of amides is 3. The van der Waals surface area contributed by atoms with Gasteiger partial charge < -0.3 is 4.90 Å². The van der Waals surface area contributed by atoms with Crippen molar-refractivity contribution in [1.82, 2.24) is 4.90 Å². The van der Waals surface area contributed by atoms with E-state index in [4.69, 9.17) is 0 Å². The molecule has 0 N–H and O–H groups in total. The fourth-order valence-corrected chi connectivity index (χ4v) is 4.75. The molecule has 0 atom stereocenters. The van der Waals surface area contributed by atoms with Gasteiger partial charge in [0.15, 0.2) is 0 Å². The van der Waals surface area contributed by atoms with E-state index in [1.807, 2.05) is 43.3 Å². The zero-order valence-electron chi connectivity index (χ0n) is 20.1. The maximum Gasteiger partial charge on any atom is 0.269 e. The number of carbonyl (C=O) groups excluding carboxylic acids is 3. The van der Waals surface area contributed by atoms with Crippen molar-refractivity contribution in [2.24, 2.45) is 0 Å². The number of nitro benzene ring substituents is 1. The molecule has 0 aromatic heterocycles. The van der Waals surface area contributed by atoms with Gasteiger partial charge in [-0.1, -0.05) is 42.5 Å². The summed E-state index contributed by atoms with van der Waals surface area (Å²) in [5.41, 5.74) is 2.76. The third-order valence-corrected chi connectivity index (χ3v) is 6.60. The summed E-state index contributed by atoms with van der Waals surface area (Å²) < 4.78 is 0. The Morgan fingerprint density at radius 3 is 2.08 bits per heavy atom. The van der Waals surface area contributed by atoms with Gasteiger partial charge in [-0.3, -0.25) is 29.4 Å². The van der Waals surface area contributed by atoms with Crippen LogP contribution < -0.4 is 4.90 Å². The van der Waals surface area contributed by atoms with Gasteiger partial charge >= 0.3 is 0 Å². The van der Waals surface area contributed by atoms with Crippen LogP contribution in [0.15, 0.2) is 84.9 Å². The maximum atomic E-state index is 13.5. The Bertz CT molecular complexity index is 1510. The van der Waals surface area contributed by atoms with Crippen LogP contribution in [0.4, 0.5) is 11.4 Å². The molecule has 0 saturated carbocycles. The van der Waals surface area contributed by atoms with E-state index in [1.54, 1.807) is 29.2 Å². The molecule has 0 spiro atoms. The lowest BCUT2D eigenvalue weighted by atomic mass is 9.94. The molecule has 0 radical (unpaired) electrons. The highest BCUT2D eigenvalue weighted by Crippen LogP contribution is 2.30. The lowest BCUT2D eigenvalue weighted by Gasteiger charge is -2.29. The highest BCUT2D eigenvalue weighted by Gasteiger charge is 2.32. The molecule has 4 aromatic rings. The summed E-state index contributed by atoms with van der Waals surface area (Å²) in [5, 5.41) is 12.5. The number of aryl methyl sites for hydroxylation is 1. The van der Waals surface area contributed by atoms with Gasteiger partial charge in [0.2, 0.25) is 0 Å². The molecule has 3 amide bonds. The Morgan fingerprint density at radius 2 is 1.49 bits per heavy atom. The number of nitrogens with zero attached hydrogens (tertiary/aromatic N) is 3. The van der Waals surface area contributed by atoms with Crippen molar-refractivity contribution in [2.75, 3.05) is 18.0 Å². The monoisotopic (exact) mass is 493 g/mol. The van der Waals surface area contributed by atoms with Crippen LogP contribution in [0.25, 0.3) is 10.8 Å². The largest absolute Gasteiger partial charge is 0.308 e. The van der Waals surface area contributed by atoms with E-state index in [0.29, 0.717) is 34.2 Å². The molecule has 5 rings (SSSR count). The minimum atomic E-state index is -0.515. The van der Waals surface area contributed by atoms with Crippen LogP contribution >= 0.6 is 0 Å². The molecule has 1 heterocycles. The molecule has 37 heavy (non-hydrogen) atoms. The summed E-state index contributed by atoms with van der Waals surface area (Å²) in [6.07, 6.45) is 0.350. The van der Waals surface area contributed by atoms with Gasteiger partial charge in [0.25, 0.3) is 23.4 Å². The van der Waals surface area contributed by atoms with Gasteiger partial charge in [-0.05, 0) is 54.6 Å². The summed E-state index contributed by atoms with van der Waals surface area (Å²) in [6.45, 7) is 2.27. The Kier molecular flexibility index (Phi) is 6.23. The lowest BCUT2D eigenvalue weighted by molar-refractivity contribution is -0.384. The Hall–Kier alpha value is -4.85. The first kappa shape index (κ1) is 23.9. The second-order valence-corrected chi connectivity index (χ2v) is 8.87. The first-order chi connectivity index (χ1) is 17.9. The van der Waals surface area contributed by atoms with Gasteiger partial charge in [0, 0.05) is 53.0 Å². The average molecular weight is 494 g/mol. The summed E-state index contributed by atoms with van der Waals surface area (Å²) >= 11 is 0. The number of non-ortho nitro benzene ring substituents is 1. The van der Waals surface area contributed by atoms with Crippen molar-refractivity contribution >= 4 is 39.9 Å². The van der Waals surface area contributed by atoms with E-state index in [9.17, 15) is 24.5 Å². The molecular formula is C29H23N3O5. The molecule has 8 heteroatoms. The number of carbonyl (C=O) groups is 3. The fraction of sp³-hybridized carbons (Fsp3) is 0.138. The van der Waals surface area contributed by atoms with Crippen LogP contribution in [0.1, 0.15) is 43.1 Å². The van der Waals surface area contributed by atoms with Crippen molar-refractivity contribution in [1.29, 1.82) is 0 Å². The number of anilines is 1. The van der Waals surface area contributed by atoms with Crippen LogP contribution in [-0.2, 0) is 0 Å². The van der Waals surface area contributed by atoms with E-state index < -0.39 is 4.92 Å². The van der Waals surface area contributed by atoms with E-state index in [1.165, 1.54) is 29.2 Å². The summed E-state index contributed by atoms with van der Waals surface area (Å²) in [6, 6.07) is 23.7. The van der Waals surface area contributed by atoms with Crippen molar-refractivity contribution in [2.45, 2.75) is 13.3 Å². The first-order valence-corrected chi connectivity index (χ1v) is 11.9. The fourth-order valence-electron chi connectivity index (χ4n) is 4.75. The van der Waals surface area contributed by atoms with Crippen molar-refractivity contribution in [3.8, 4) is 0 Å². The average Bonchev–Trinajstić information content (AvgIpc) is 2.91. The van der Waals surface area contributed by atoms with E-state index in [-0.39, 0.29) is 36.5 Å². The third-order valence-electron chi connectivity index (χ3n) is 6.60. The highest BCUT2D eigenvalue weighted by molar-refractivity contribution is 6.25. The molecule has 184 valence electrons. The van der Waals surface area contributed by atoms with Crippen LogP contribution in [0.5, 0.6) is 0 Å². The van der Waals surface area contributed by atoms with Crippen LogP contribution in [0.3, 0.4) is 0 Å². The van der Waals surface area contributed by atoms with Crippen LogP contribution in [-0.4, -0.2) is 40.6 Å². The molecule has 0 fully saturated rings. The predicted octanol–water partition coefficient (Wildman–Crippen LogP) is 5.39. The number of para-hydroxylation sites is 1. The van der Waals surface area contributed by atoms with Gasteiger partial charge in [0.05, 0.1) is 4.92 Å². The smallest absolute Gasteiger partial charge is 0.269 e. The second-order valence-electron chi connectivity index (χ2n) is 8.87. The topological polar surface area (TPSA) is 101 Å². The number of rotatable bonds is 7. The number of benzene rings is 4. The molecular weight excluding hydrogens is 470 g/mol.